The minimum atomic E-state index is 1.07. The lowest BCUT2D eigenvalue weighted by Gasteiger charge is -2.10. The van der Waals surface area contributed by atoms with Crippen LogP contribution in [0.4, 0.5) is 0 Å². The summed E-state index contributed by atoms with van der Waals surface area (Å²) < 4.78 is 0. The second-order valence-corrected chi connectivity index (χ2v) is 4.35. The van der Waals surface area contributed by atoms with E-state index in [0.717, 1.165) is 23.3 Å². The number of nitrogens with two attached hydrogens (primary N) is 1. The van der Waals surface area contributed by atoms with Crippen molar-refractivity contribution in [1.29, 1.82) is 0 Å². The van der Waals surface area contributed by atoms with E-state index in [9.17, 15) is 0 Å². The summed E-state index contributed by atoms with van der Waals surface area (Å²) in [6.07, 6.45) is 4.10. The monoisotopic (exact) mass is 221 g/mol. The van der Waals surface area contributed by atoms with E-state index in [-0.39, 0.29) is 0 Å². The van der Waals surface area contributed by atoms with Crippen LogP contribution in [0.2, 0.25) is 0 Å². The number of nitrogens with one attached hydrogen (secondary N) is 1. The highest BCUT2D eigenvalue weighted by atomic mass is 32.2. The second kappa shape index (κ2) is 4.24. The normalized spacial score (nSPS) is 11.1. The van der Waals surface area contributed by atoms with E-state index >= 15 is 0 Å². The maximum atomic E-state index is 5.69. The van der Waals surface area contributed by atoms with Crippen LogP contribution in [0.3, 0.4) is 0 Å². The molecule has 1 aromatic carbocycles. The summed E-state index contributed by atoms with van der Waals surface area (Å²) in [4.78, 5) is 1.16. The van der Waals surface area contributed by atoms with Crippen molar-refractivity contribution in [2.45, 2.75) is 31.6 Å². The molecule has 0 atom stereocenters. The van der Waals surface area contributed by atoms with Gasteiger partial charge in [0.15, 0.2) is 0 Å². The molecule has 0 aliphatic heterocycles. The van der Waals surface area contributed by atoms with E-state index in [1.54, 1.807) is 0 Å². The molecule has 0 bridgehead atoms. The van der Waals surface area contributed by atoms with Crippen molar-refractivity contribution in [3.63, 3.8) is 0 Å². The maximum Gasteiger partial charge on any atom is 0.0664 e. The van der Waals surface area contributed by atoms with Crippen LogP contribution in [0.15, 0.2) is 17.2 Å². The second-order valence-electron chi connectivity index (χ2n) is 3.68. The van der Waals surface area contributed by atoms with Crippen LogP contribution in [0.5, 0.6) is 0 Å². The van der Waals surface area contributed by atoms with Gasteiger partial charge in [-0.15, -0.1) is 0 Å². The molecule has 0 saturated carbocycles. The first kappa shape index (κ1) is 10.5. The van der Waals surface area contributed by atoms with Crippen molar-refractivity contribution in [3.05, 3.63) is 23.4 Å². The molecule has 0 fully saturated rings. The first-order chi connectivity index (χ1) is 7.27. The molecular weight excluding hydrogens is 206 g/mol. The standard InChI is InChI=1S/C11H15N3S/c1-3-4-8-7(2)9-6-13-14-10(9)5-11(8)15-12/h5-6H,3-4,12H2,1-2H3,(H,13,14). The molecule has 3 N–H and O–H groups in total. The Bertz CT molecular complexity index is 476. The average Bonchev–Trinajstić information content (AvgIpc) is 2.70. The largest absolute Gasteiger partial charge is 0.278 e. The summed E-state index contributed by atoms with van der Waals surface area (Å²) >= 11 is 1.32. The third-order valence-corrected chi connectivity index (χ3v) is 3.34. The molecule has 0 amide bonds. The van der Waals surface area contributed by atoms with E-state index in [1.165, 1.54) is 28.5 Å². The van der Waals surface area contributed by atoms with Gasteiger partial charge in [0.2, 0.25) is 0 Å². The summed E-state index contributed by atoms with van der Waals surface area (Å²) in [5.74, 6) is 0. The number of fused-ring (bicyclic) bond motifs is 1. The number of rotatable bonds is 3. The molecule has 80 valence electrons. The lowest BCUT2D eigenvalue weighted by Crippen LogP contribution is -1.95. The van der Waals surface area contributed by atoms with Crippen molar-refractivity contribution >= 4 is 22.9 Å². The fourth-order valence-corrected chi connectivity index (χ4v) is 2.52. The fraction of sp³-hybridized carbons (Fsp3) is 0.364. The van der Waals surface area contributed by atoms with E-state index < -0.39 is 0 Å². The summed E-state index contributed by atoms with van der Waals surface area (Å²) in [6, 6.07) is 2.09. The van der Waals surface area contributed by atoms with Gasteiger partial charge in [-0.1, -0.05) is 13.3 Å². The van der Waals surface area contributed by atoms with Gasteiger partial charge in [-0.3, -0.25) is 10.2 Å². The quantitative estimate of drug-likeness (QED) is 0.784. The topological polar surface area (TPSA) is 54.7 Å². The number of H-pyrrole nitrogens is 1. The minimum Gasteiger partial charge on any atom is -0.278 e. The molecule has 0 radical (unpaired) electrons. The molecule has 3 nitrogen and oxygen atoms in total. The zero-order valence-electron chi connectivity index (χ0n) is 9.00. The van der Waals surface area contributed by atoms with Crippen molar-refractivity contribution in [2.24, 2.45) is 5.14 Å². The van der Waals surface area contributed by atoms with Crippen molar-refractivity contribution in [2.75, 3.05) is 0 Å². The number of hydrogen-bond acceptors (Lipinski definition) is 3. The van der Waals surface area contributed by atoms with Gasteiger partial charge in [-0.25, -0.2) is 0 Å². The van der Waals surface area contributed by atoms with Crippen molar-refractivity contribution < 1.29 is 0 Å². The zero-order chi connectivity index (χ0) is 10.8. The molecule has 2 rings (SSSR count). The van der Waals surface area contributed by atoms with E-state index in [4.69, 9.17) is 5.14 Å². The first-order valence-electron chi connectivity index (χ1n) is 5.10. The Morgan fingerprint density at radius 2 is 2.33 bits per heavy atom. The van der Waals surface area contributed by atoms with Crippen LogP contribution in [-0.4, -0.2) is 10.2 Å². The van der Waals surface area contributed by atoms with Crippen LogP contribution in [0.1, 0.15) is 24.5 Å². The highest BCUT2D eigenvalue weighted by Gasteiger charge is 2.10. The van der Waals surface area contributed by atoms with Crippen LogP contribution in [-0.2, 0) is 6.42 Å². The van der Waals surface area contributed by atoms with Gasteiger partial charge in [0.05, 0.1) is 11.7 Å². The molecule has 4 heteroatoms. The Balaban J connectivity index is 2.68. The van der Waals surface area contributed by atoms with Gasteiger partial charge in [0, 0.05) is 10.3 Å². The molecule has 0 unspecified atom stereocenters. The molecule has 0 saturated heterocycles. The predicted octanol–water partition coefficient (Wildman–Crippen LogP) is 2.79. The van der Waals surface area contributed by atoms with Gasteiger partial charge in [-0.05, 0) is 42.5 Å². The Kier molecular flexibility index (Phi) is 2.98. The van der Waals surface area contributed by atoms with Gasteiger partial charge in [0.1, 0.15) is 0 Å². The smallest absolute Gasteiger partial charge is 0.0664 e. The first-order valence-corrected chi connectivity index (χ1v) is 5.98. The number of nitrogens with zero attached hydrogens (tertiary/aromatic N) is 1. The van der Waals surface area contributed by atoms with Crippen molar-refractivity contribution in [3.8, 4) is 0 Å². The number of benzene rings is 1. The van der Waals surface area contributed by atoms with Gasteiger partial charge < -0.3 is 0 Å². The van der Waals surface area contributed by atoms with Crippen LogP contribution >= 0.6 is 11.9 Å². The van der Waals surface area contributed by atoms with Crippen molar-refractivity contribution in [1.82, 2.24) is 10.2 Å². The lowest BCUT2D eigenvalue weighted by atomic mass is 10.0. The van der Waals surface area contributed by atoms with E-state index in [1.807, 2.05) is 6.20 Å². The number of aryl methyl sites for hydroxylation is 1. The summed E-state index contributed by atoms with van der Waals surface area (Å²) in [5, 5.41) is 13.9. The average molecular weight is 221 g/mol. The molecule has 0 aliphatic carbocycles. The maximum absolute atomic E-state index is 5.69. The van der Waals surface area contributed by atoms with Gasteiger partial charge in [-0.2, -0.15) is 5.10 Å². The number of hydrogen-bond donors (Lipinski definition) is 2. The Morgan fingerprint density at radius 3 is 3.00 bits per heavy atom. The summed E-state index contributed by atoms with van der Waals surface area (Å²) in [5.41, 5.74) is 3.73. The molecule has 1 aromatic heterocycles. The number of aromatic nitrogens is 2. The molecular formula is C11H15N3S. The van der Waals surface area contributed by atoms with Gasteiger partial charge in [0.25, 0.3) is 0 Å². The fourth-order valence-electron chi connectivity index (χ4n) is 1.94. The summed E-state index contributed by atoms with van der Waals surface area (Å²) in [7, 11) is 0. The highest BCUT2D eigenvalue weighted by molar-refractivity contribution is 7.97. The number of aromatic amines is 1. The molecule has 15 heavy (non-hydrogen) atoms. The third kappa shape index (κ3) is 1.75. The van der Waals surface area contributed by atoms with E-state index in [2.05, 4.69) is 30.1 Å². The zero-order valence-corrected chi connectivity index (χ0v) is 9.82. The molecule has 0 aliphatic rings. The predicted molar refractivity (Wildman–Crippen MR) is 64.9 cm³/mol. The molecule has 1 heterocycles. The Morgan fingerprint density at radius 1 is 1.53 bits per heavy atom. The summed E-state index contributed by atoms with van der Waals surface area (Å²) in [6.45, 7) is 4.33. The van der Waals surface area contributed by atoms with Crippen LogP contribution in [0, 0.1) is 6.92 Å². The Labute approximate surface area is 93.6 Å². The lowest BCUT2D eigenvalue weighted by molar-refractivity contribution is 0.894. The van der Waals surface area contributed by atoms with Gasteiger partial charge >= 0.3 is 0 Å². The third-order valence-electron chi connectivity index (χ3n) is 2.73. The minimum absolute atomic E-state index is 1.07. The van der Waals surface area contributed by atoms with Crippen LogP contribution < -0.4 is 5.14 Å². The highest BCUT2D eigenvalue weighted by Crippen LogP contribution is 2.29. The van der Waals surface area contributed by atoms with E-state index in [0.29, 0.717) is 0 Å². The van der Waals surface area contributed by atoms with Crippen LogP contribution in [0.25, 0.3) is 10.9 Å². The Hall–Kier alpha value is -1.00. The molecule has 0 spiro atoms. The SMILES string of the molecule is CCCc1c(SN)cc2[nH]ncc2c1C. The molecule has 2 aromatic rings.